The lowest BCUT2D eigenvalue weighted by Gasteiger charge is -2.37. The van der Waals surface area contributed by atoms with Crippen LogP contribution in [-0.2, 0) is 4.79 Å². The van der Waals surface area contributed by atoms with Crippen molar-refractivity contribution in [1.29, 1.82) is 0 Å². The molecule has 2 N–H and O–H groups in total. The smallest absolute Gasteiger partial charge is 0.305 e. The molecule has 0 aliphatic heterocycles. The van der Waals surface area contributed by atoms with Crippen LogP contribution in [-0.4, -0.2) is 22.5 Å². The van der Waals surface area contributed by atoms with Crippen molar-refractivity contribution in [2.45, 2.75) is 44.1 Å². The molecule has 1 aliphatic rings. The van der Waals surface area contributed by atoms with Gasteiger partial charge in [0.15, 0.2) is 0 Å². The highest BCUT2D eigenvalue weighted by molar-refractivity contribution is 14.1. The molecule has 6 heteroatoms. The minimum Gasteiger partial charge on any atom is -0.481 e. The van der Waals surface area contributed by atoms with Gasteiger partial charge >= 0.3 is 5.97 Å². The van der Waals surface area contributed by atoms with Crippen molar-refractivity contribution in [2.24, 2.45) is 0 Å². The third kappa shape index (κ3) is 4.32. The van der Waals surface area contributed by atoms with Crippen LogP contribution in [0, 0.1) is 3.57 Å². The number of benzene rings is 1. The van der Waals surface area contributed by atoms with Gasteiger partial charge in [0.2, 0.25) is 0 Å². The minimum atomic E-state index is -0.877. The molecular weight excluding hydrogens is 405 g/mol. The van der Waals surface area contributed by atoms with Gasteiger partial charge in [0.1, 0.15) is 0 Å². The lowest BCUT2D eigenvalue weighted by atomic mass is 9.79. The number of carbonyl (C=O) groups is 2. The van der Waals surface area contributed by atoms with Crippen molar-refractivity contribution in [2.75, 3.05) is 0 Å². The van der Waals surface area contributed by atoms with E-state index in [0.29, 0.717) is 23.4 Å². The number of amides is 1. The molecule has 21 heavy (non-hydrogen) atoms. The van der Waals surface area contributed by atoms with E-state index >= 15 is 0 Å². The van der Waals surface area contributed by atoms with Gasteiger partial charge in [0.25, 0.3) is 5.91 Å². The first-order chi connectivity index (χ1) is 9.92. The van der Waals surface area contributed by atoms with E-state index in [2.05, 4.69) is 27.9 Å². The highest BCUT2D eigenvalue weighted by Crippen LogP contribution is 2.32. The average molecular weight is 422 g/mol. The van der Waals surface area contributed by atoms with Gasteiger partial charge in [0.05, 0.1) is 17.5 Å². The minimum absolute atomic E-state index is 0.0319. The molecular formula is C15H17ClINO3. The van der Waals surface area contributed by atoms with Crippen LogP contribution in [0.5, 0.6) is 0 Å². The number of carbonyl (C=O) groups excluding carboxylic acids is 1. The van der Waals surface area contributed by atoms with E-state index in [-0.39, 0.29) is 12.3 Å². The summed E-state index contributed by atoms with van der Waals surface area (Å²) in [6, 6.07) is 5.13. The second kappa shape index (κ2) is 6.96. The number of nitrogens with one attached hydrogen (secondary N) is 1. The first-order valence-corrected chi connectivity index (χ1v) is 8.37. The molecule has 1 aromatic carbocycles. The number of carboxylic acids is 1. The van der Waals surface area contributed by atoms with Gasteiger partial charge in [-0.25, -0.2) is 0 Å². The lowest BCUT2D eigenvalue weighted by molar-refractivity contribution is -0.139. The summed E-state index contributed by atoms with van der Waals surface area (Å²) in [7, 11) is 0. The van der Waals surface area contributed by atoms with Crippen molar-refractivity contribution < 1.29 is 14.7 Å². The van der Waals surface area contributed by atoms with Crippen LogP contribution < -0.4 is 5.32 Å². The van der Waals surface area contributed by atoms with Gasteiger partial charge in [-0.2, -0.15) is 0 Å². The number of aliphatic carboxylic acids is 1. The Bertz CT molecular complexity index is 556. The van der Waals surface area contributed by atoms with Crippen LogP contribution in [0.3, 0.4) is 0 Å². The van der Waals surface area contributed by atoms with E-state index in [1.165, 1.54) is 0 Å². The molecule has 2 rings (SSSR count). The van der Waals surface area contributed by atoms with Crippen molar-refractivity contribution in [3.8, 4) is 0 Å². The molecule has 0 aromatic heterocycles. The van der Waals surface area contributed by atoms with Crippen molar-refractivity contribution in [1.82, 2.24) is 5.32 Å². The SMILES string of the molecule is O=C(O)CC1(NC(=O)c2cc(Cl)ccc2I)CCCCC1. The first-order valence-electron chi connectivity index (χ1n) is 6.91. The third-order valence-corrected chi connectivity index (χ3v) is 5.03. The molecule has 1 amide bonds. The van der Waals surface area contributed by atoms with Gasteiger partial charge in [-0.3, -0.25) is 9.59 Å². The highest BCUT2D eigenvalue weighted by Gasteiger charge is 2.36. The van der Waals surface area contributed by atoms with Gasteiger partial charge in [-0.05, 0) is 53.6 Å². The quantitative estimate of drug-likeness (QED) is 0.726. The Labute approximate surface area is 142 Å². The van der Waals surface area contributed by atoms with Crippen molar-refractivity contribution >= 4 is 46.1 Å². The topological polar surface area (TPSA) is 66.4 Å². The lowest BCUT2D eigenvalue weighted by Crippen LogP contribution is -2.51. The second-order valence-corrected chi connectivity index (χ2v) is 7.09. The summed E-state index contributed by atoms with van der Waals surface area (Å²) in [4.78, 5) is 23.6. The Morgan fingerprint density at radius 2 is 1.95 bits per heavy atom. The second-order valence-electron chi connectivity index (χ2n) is 5.49. The summed E-state index contributed by atoms with van der Waals surface area (Å²) in [6.07, 6.45) is 4.37. The monoisotopic (exact) mass is 421 g/mol. The molecule has 1 saturated carbocycles. The Hall–Kier alpha value is -0.820. The summed E-state index contributed by atoms with van der Waals surface area (Å²) in [5.41, 5.74) is -0.134. The Morgan fingerprint density at radius 1 is 1.29 bits per heavy atom. The fraction of sp³-hybridized carbons (Fsp3) is 0.467. The summed E-state index contributed by atoms with van der Waals surface area (Å²) >= 11 is 8.03. The zero-order valence-electron chi connectivity index (χ0n) is 11.5. The predicted molar refractivity (Wildman–Crippen MR) is 89.7 cm³/mol. The van der Waals surface area contributed by atoms with E-state index in [0.717, 1.165) is 22.8 Å². The molecule has 0 bridgehead atoms. The maximum atomic E-state index is 12.5. The molecule has 1 aliphatic carbocycles. The van der Waals surface area contributed by atoms with Crippen LogP contribution in [0.4, 0.5) is 0 Å². The molecule has 0 saturated heterocycles. The molecule has 0 spiro atoms. The molecule has 1 fully saturated rings. The summed E-state index contributed by atoms with van der Waals surface area (Å²) in [5.74, 6) is -1.12. The van der Waals surface area contributed by atoms with Crippen LogP contribution >= 0.6 is 34.2 Å². The molecule has 0 radical (unpaired) electrons. The molecule has 1 aromatic rings. The number of rotatable bonds is 4. The van der Waals surface area contributed by atoms with Gasteiger partial charge in [0, 0.05) is 8.59 Å². The van der Waals surface area contributed by atoms with Crippen LogP contribution in [0.1, 0.15) is 48.9 Å². The average Bonchev–Trinajstić information content (AvgIpc) is 2.41. The largest absolute Gasteiger partial charge is 0.481 e. The van der Waals surface area contributed by atoms with Gasteiger partial charge < -0.3 is 10.4 Å². The first kappa shape index (κ1) is 16.5. The van der Waals surface area contributed by atoms with E-state index in [4.69, 9.17) is 16.7 Å². The van der Waals surface area contributed by atoms with Crippen molar-refractivity contribution in [3.63, 3.8) is 0 Å². The zero-order valence-corrected chi connectivity index (χ0v) is 14.4. The number of halogens is 2. The van der Waals surface area contributed by atoms with Crippen LogP contribution in [0.25, 0.3) is 0 Å². The van der Waals surface area contributed by atoms with Crippen LogP contribution in [0.15, 0.2) is 18.2 Å². The maximum Gasteiger partial charge on any atom is 0.305 e. The van der Waals surface area contributed by atoms with E-state index in [1.807, 2.05) is 0 Å². The predicted octanol–water partition coefficient (Wildman–Crippen LogP) is 3.85. The number of carboxylic acid groups (broad SMARTS) is 1. The summed E-state index contributed by atoms with van der Waals surface area (Å²) in [5, 5.41) is 12.6. The fourth-order valence-electron chi connectivity index (χ4n) is 2.84. The summed E-state index contributed by atoms with van der Waals surface area (Å²) in [6.45, 7) is 0. The third-order valence-electron chi connectivity index (χ3n) is 3.85. The molecule has 4 nitrogen and oxygen atoms in total. The molecule has 0 unspecified atom stereocenters. The van der Waals surface area contributed by atoms with E-state index < -0.39 is 11.5 Å². The van der Waals surface area contributed by atoms with E-state index in [9.17, 15) is 9.59 Å². The van der Waals surface area contributed by atoms with Gasteiger partial charge in [-0.15, -0.1) is 0 Å². The van der Waals surface area contributed by atoms with E-state index in [1.54, 1.807) is 18.2 Å². The molecule has 0 atom stereocenters. The van der Waals surface area contributed by atoms with Crippen LogP contribution in [0.2, 0.25) is 5.02 Å². The Morgan fingerprint density at radius 3 is 2.57 bits per heavy atom. The number of hydrogen-bond acceptors (Lipinski definition) is 2. The standard InChI is InChI=1S/C15H17ClINO3/c16-10-4-5-12(17)11(8-10)14(21)18-15(9-13(19)20)6-2-1-3-7-15/h4-5,8H,1-3,6-7,9H2,(H,18,21)(H,19,20). The normalized spacial score (nSPS) is 17.2. The number of hydrogen-bond donors (Lipinski definition) is 2. The Balaban J connectivity index is 2.21. The molecule has 0 heterocycles. The Kier molecular flexibility index (Phi) is 5.48. The van der Waals surface area contributed by atoms with Crippen molar-refractivity contribution in [3.05, 3.63) is 32.4 Å². The zero-order chi connectivity index (χ0) is 15.5. The maximum absolute atomic E-state index is 12.5. The fourth-order valence-corrected chi connectivity index (χ4v) is 3.60. The molecule has 114 valence electrons. The highest BCUT2D eigenvalue weighted by atomic mass is 127. The van der Waals surface area contributed by atoms with Gasteiger partial charge in [-0.1, -0.05) is 30.9 Å². The summed E-state index contributed by atoms with van der Waals surface area (Å²) < 4.78 is 0.802.